The summed E-state index contributed by atoms with van der Waals surface area (Å²) in [5, 5.41) is 2.61. The molecule has 2 aromatic carbocycles. The van der Waals surface area contributed by atoms with Gasteiger partial charge in [0.2, 0.25) is 10.0 Å². The minimum absolute atomic E-state index is 0.0621. The van der Waals surface area contributed by atoms with E-state index in [-0.39, 0.29) is 22.3 Å². The van der Waals surface area contributed by atoms with Crippen molar-refractivity contribution in [1.82, 2.24) is 4.31 Å². The number of carbonyl (C=O) groups excluding carboxylic acids is 1. The third-order valence-electron chi connectivity index (χ3n) is 4.69. The number of amides is 1. The molecule has 1 aliphatic heterocycles. The van der Waals surface area contributed by atoms with Crippen LogP contribution in [0.2, 0.25) is 0 Å². The molecule has 1 heterocycles. The highest BCUT2D eigenvalue weighted by molar-refractivity contribution is 9.10. The van der Waals surface area contributed by atoms with Crippen molar-refractivity contribution in [1.29, 1.82) is 0 Å². The van der Waals surface area contributed by atoms with Gasteiger partial charge in [0.15, 0.2) is 0 Å². The second-order valence-corrected chi connectivity index (χ2v) is 10.2. The maximum Gasteiger partial charge on any atom is 0.258 e. The fourth-order valence-corrected chi connectivity index (χ4v) is 5.12. The second kappa shape index (κ2) is 9.45. The van der Waals surface area contributed by atoms with Crippen LogP contribution in [0.1, 0.15) is 43.5 Å². The summed E-state index contributed by atoms with van der Waals surface area (Å²) in [5.74, 6) is -1.07. The number of rotatable bonds is 6. The van der Waals surface area contributed by atoms with E-state index < -0.39 is 21.7 Å². The van der Waals surface area contributed by atoms with E-state index in [4.69, 9.17) is 4.74 Å². The predicted octanol–water partition coefficient (Wildman–Crippen LogP) is 4.80. The van der Waals surface area contributed by atoms with Crippen molar-refractivity contribution < 1.29 is 22.3 Å². The Balaban J connectivity index is 1.96. The number of hydrogen-bond donors (Lipinski definition) is 1. The SMILES string of the molecule is CC(C)Oc1ccc(S(=O)(=O)N2CCCCC2)cc1NC(=O)c1ccc(Br)cc1F. The highest BCUT2D eigenvalue weighted by atomic mass is 79.9. The summed E-state index contributed by atoms with van der Waals surface area (Å²) in [6.45, 7) is 4.58. The van der Waals surface area contributed by atoms with E-state index in [1.807, 2.05) is 13.8 Å². The van der Waals surface area contributed by atoms with Gasteiger partial charge in [0.25, 0.3) is 5.91 Å². The molecule has 30 heavy (non-hydrogen) atoms. The number of nitrogens with zero attached hydrogens (tertiary/aromatic N) is 1. The molecular formula is C21H24BrFN2O4S. The molecule has 0 spiro atoms. The van der Waals surface area contributed by atoms with Gasteiger partial charge in [0.05, 0.1) is 22.3 Å². The van der Waals surface area contributed by atoms with E-state index in [1.165, 1.54) is 34.6 Å². The van der Waals surface area contributed by atoms with Crippen LogP contribution in [0.4, 0.5) is 10.1 Å². The zero-order valence-electron chi connectivity index (χ0n) is 16.8. The van der Waals surface area contributed by atoms with E-state index in [9.17, 15) is 17.6 Å². The van der Waals surface area contributed by atoms with Crippen LogP contribution in [0.25, 0.3) is 0 Å². The standard InChI is InChI=1S/C21H24BrFN2O4S/c1-14(2)29-20-9-7-16(30(27,28)25-10-4-3-5-11-25)13-19(20)24-21(26)17-8-6-15(22)12-18(17)23/h6-9,12-14H,3-5,10-11H2,1-2H3,(H,24,26). The van der Waals surface area contributed by atoms with Crippen LogP contribution in [-0.4, -0.2) is 37.8 Å². The Morgan fingerprint density at radius 3 is 2.47 bits per heavy atom. The number of nitrogens with one attached hydrogen (secondary N) is 1. The topological polar surface area (TPSA) is 75.7 Å². The average Bonchev–Trinajstić information content (AvgIpc) is 2.69. The van der Waals surface area contributed by atoms with Gasteiger partial charge >= 0.3 is 0 Å². The third kappa shape index (κ3) is 5.19. The molecule has 0 aliphatic carbocycles. The van der Waals surface area contributed by atoms with Gasteiger partial charge in [0.1, 0.15) is 11.6 Å². The lowest BCUT2D eigenvalue weighted by molar-refractivity contribution is 0.102. The molecular weight excluding hydrogens is 475 g/mol. The van der Waals surface area contributed by atoms with Crippen LogP contribution in [0.15, 0.2) is 45.8 Å². The number of ether oxygens (including phenoxy) is 1. The van der Waals surface area contributed by atoms with Crippen molar-refractivity contribution in [3.63, 3.8) is 0 Å². The molecule has 3 rings (SSSR count). The first-order valence-electron chi connectivity index (χ1n) is 9.76. The zero-order valence-corrected chi connectivity index (χ0v) is 19.2. The van der Waals surface area contributed by atoms with Crippen molar-refractivity contribution in [3.8, 4) is 5.75 Å². The molecule has 6 nitrogen and oxygen atoms in total. The van der Waals surface area contributed by atoms with Crippen molar-refractivity contribution in [2.24, 2.45) is 0 Å². The van der Waals surface area contributed by atoms with Crippen molar-refractivity contribution in [2.45, 2.75) is 44.1 Å². The van der Waals surface area contributed by atoms with Crippen LogP contribution in [-0.2, 0) is 10.0 Å². The Labute approximate surface area is 184 Å². The monoisotopic (exact) mass is 498 g/mol. The summed E-state index contributed by atoms with van der Waals surface area (Å²) in [7, 11) is -3.70. The first-order valence-corrected chi connectivity index (χ1v) is 12.0. The summed E-state index contributed by atoms with van der Waals surface area (Å²) in [5.41, 5.74) is 0.0205. The number of piperidine rings is 1. The molecule has 9 heteroatoms. The van der Waals surface area contributed by atoms with Gasteiger partial charge in [-0.15, -0.1) is 0 Å². The van der Waals surface area contributed by atoms with Crippen LogP contribution in [0.5, 0.6) is 5.75 Å². The molecule has 1 aliphatic rings. The Hall–Kier alpha value is -1.97. The molecule has 0 radical (unpaired) electrons. The van der Waals surface area contributed by atoms with Crippen LogP contribution < -0.4 is 10.1 Å². The summed E-state index contributed by atoms with van der Waals surface area (Å²) < 4.78 is 47.9. The lowest BCUT2D eigenvalue weighted by atomic mass is 10.2. The summed E-state index contributed by atoms with van der Waals surface area (Å²) in [4.78, 5) is 12.7. The molecule has 1 fully saturated rings. The summed E-state index contributed by atoms with van der Waals surface area (Å²) >= 11 is 3.16. The summed E-state index contributed by atoms with van der Waals surface area (Å²) in [6.07, 6.45) is 2.45. The molecule has 0 unspecified atom stereocenters. The van der Waals surface area contributed by atoms with Gasteiger partial charge in [0, 0.05) is 17.6 Å². The molecule has 2 aromatic rings. The molecule has 1 N–H and O–H groups in total. The van der Waals surface area contributed by atoms with Gasteiger partial charge in [-0.05, 0) is 63.1 Å². The number of sulfonamides is 1. The number of carbonyl (C=O) groups is 1. The van der Waals surface area contributed by atoms with Gasteiger partial charge in [-0.1, -0.05) is 22.4 Å². The Morgan fingerprint density at radius 1 is 1.13 bits per heavy atom. The highest BCUT2D eigenvalue weighted by Gasteiger charge is 2.27. The number of hydrogen-bond acceptors (Lipinski definition) is 4. The smallest absolute Gasteiger partial charge is 0.258 e. The third-order valence-corrected chi connectivity index (χ3v) is 7.08. The first-order chi connectivity index (χ1) is 14.2. The normalized spacial score (nSPS) is 15.2. The molecule has 0 saturated carbocycles. The van der Waals surface area contributed by atoms with Crippen LogP contribution in [0.3, 0.4) is 0 Å². The largest absolute Gasteiger partial charge is 0.489 e. The first kappa shape index (κ1) is 22.7. The highest BCUT2D eigenvalue weighted by Crippen LogP contribution is 2.31. The Kier molecular flexibility index (Phi) is 7.15. The van der Waals surface area contributed by atoms with Crippen LogP contribution in [0, 0.1) is 5.82 Å². The maximum atomic E-state index is 14.2. The lowest BCUT2D eigenvalue weighted by Crippen LogP contribution is -2.35. The summed E-state index contributed by atoms with van der Waals surface area (Å²) in [6, 6.07) is 8.46. The van der Waals surface area contributed by atoms with Crippen molar-refractivity contribution in [2.75, 3.05) is 18.4 Å². The molecule has 1 amide bonds. The van der Waals surface area contributed by atoms with Gasteiger partial charge < -0.3 is 10.1 Å². The minimum Gasteiger partial charge on any atom is -0.489 e. The molecule has 162 valence electrons. The average molecular weight is 499 g/mol. The van der Waals surface area contributed by atoms with Gasteiger partial charge in [-0.25, -0.2) is 12.8 Å². The van der Waals surface area contributed by atoms with E-state index in [0.29, 0.717) is 23.3 Å². The van der Waals surface area contributed by atoms with E-state index in [1.54, 1.807) is 6.07 Å². The maximum absolute atomic E-state index is 14.2. The molecule has 0 atom stereocenters. The van der Waals surface area contributed by atoms with Crippen LogP contribution >= 0.6 is 15.9 Å². The number of anilines is 1. The molecule has 0 bridgehead atoms. The number of halogens is 2. The lowest BCUT2D eigenvalue weighted by Gasteiger charge is -2.26. The minimum atomic E-state index is -3.70. The predicted molar refractivity (Wildman–Crippen MR) is 117 cm³/mol. The van der Waals surface area contributed by atoms with E-state index >= 15 is 0 Å². The molecule has 1 saturated heterocycles. The second-order valence-electron chi connectivity index (χ2n) is 7.37. The van der Waals surface area contributed by atoms with Gasteiger partial charge in [-0.3, -0.25) is 4.79 Å². The fraction of sp³-hybridized carbons (Fsp3) is 0.381. The Bertz CT molecular complexity index is 1040. The quantitative estimate of drug-likeness (QED) is 0.620. The number of benzene rings is 2. The van der Waals surface area contributed by atoms with Gasteiger partial charge in [-0.2, -0.15) is 4.31 Å². The van der Waals surface area contributed by atoms with Crippen molar-refractivity contribution in [3.05, 3.63) is 52.3 Å². The fourth-order valence-electron chi connectivity index (χ4n) is 3.24. The molecule has 0 aromatic heterocycles. The van der Waals surface area contributed by atoms with Crippen molar-refractivity contribution >= 4 is 37.5 Å². The zero-order chi connectivity index (χ0) is 21.9. The Morgan fingerprint density at radius 2 is 1.83 bits per heavy atom. The van der Waals surface area contributed by atoms with E-state index in [0.717, 1.165) is 19.3 Å². The van der Waals surface area contributed by atoms with E-state index in [2.05, 4.69) is 21.2 Å².